The molecule has 0 saturated carbocycles. The number of carboxylic acids is 3. The lowest BCUT2D eigenvalue weighted by Gasteiger charge is -2.14. The third-order valence-corrected chi connectivity index (χ3v) is 11.9. The van der Waals surface area contributed by atoms with Crippen LogP contribution in [0.25, 0.3) is 22.3 Å². The molecule has 9 rings (SSSR count). The Labute approximate surface area is 440 Å². The molecule has 0 radical (unpaired) electrons. The lowest BCUT2D eigenvalue weighted by Crippen LogP contribution is -2.17. The van der Waals surface area contributed by atoms with Gasteiger partial charge in [-0.2, -0.15) is 0 Å². The lowest BCUT2D eigenvalue weighted by molar-refractivity contribution is 0.0683. The number of amides is 3. The fourth-order valence-corrected chi connectivity index (χ4v) is 8.10. The number of hydrogen-bond acceptors (Lipinski definition) is 8. The summed E-state index contributed by atoms with van der Waals surface area (Å²) in [4.78, 5) is 77.8. The van der Waals surface area contributed by atoms with Gasteiger partial charge in [0.05, 0.1) is 33.4 Å². The summed E-state index contributed by atoms with van der Waals surface area (Å²) in [7, 11) is 0. The van der Waals surface area contributed by atoms with Gasteiger partial charge in [-0.25, -0.2) is 14.4 Å². The van der Waals surface area contributed by atoms with Crippen LogP contribution in [0.1, 0.15) is 78.8 Å². The topological polar surface area (TPSA) is 218 Å². The molecule has 77 heavy (non-hydrogen) atoms. The summed E-state index contributed by atoms with van der Waals surface area (Å²) in [5.74, 6) is 1.09. The first-order valence-electron chi connectivity index (χ1n) is 23.7. The Bertz CT molecular complexity index is 3840. The summed E-state index contributed by atoms with van der Waals surface area (Å²) in [5.41, 5.74) is 5.10. The zero-order valence-corrected chi connectivity index (χ0v) is 40.7. The van der Waals surface area contributed by atoms with E-state index in [0.717, 1.165) is 27.8 Å². The molecule has 0 aliphatic rings. The van der Waals surface area contributed by atoms with Crippen LogP contribution in [-0.4, -0.2) is 50.9 Å². The van der Waals surface area contributed by atoms with Crippen LogP contribution >= 0.6 is 0 Å². The van der Waals surface area contributed by atoms with Gasteiger partial charge in [0, 0.05) is 28.2 Å². The van der Waals surface area contributed by atoms with E-state index in [9.17, 15) is 44.1 Å². The Morgan fingerprint density at radius 2 is 0.727 bits per heavy atom. The van der Waals surface area contributed by atoms with Crippen molar-refractivity contribution in [1.29, 1.82) is 0 Å². The van der Waals surface area contributed by atoms with Crippen LogP contribution in [0.15, 0.2) is 206 Å². The second-order valence-electron chi connectivity index (χ2n) is 17.4. The number of benzene rings is 9. The Morgan fingerprint density at radius 1 is 0.338 bits per heavy atom. The van der Waals surface area contributed by atoms with Gasteiger partial charge in [-0.05, 0) is 163 Å². The molecule has 0 fully saturated rings. The fourth-order valence-electron chi connectivity index (χ4n) is 8.10. The molecular weight excluding hydrogens is 975 g/mol. The number of carbonyl (C=O) groups excluding carboxylic acids is 3. The highest BCUT2D eigenvalue weighted by atomic mass is 16.5. The minimum atomic E-state index is -1.38. The molecule has 0 aliphatic heterocycles. The van der Waals surface area contributed by atoms with Crippen molar-refractivity contribution >= 4 is 52.7 Å². The standard InChI is InChI=1S/C63H43N3O11/c1-38-16-23-48(24-17-38)76-49-25-21-45(22-26-49)64-59(68)56-36-50(27-30-53(56)62(72)73)77-51-28-31-54(63(74)75)57(37-51)60(69)66-47-15-7-13-44(35-47)42-11-5-10-41(33-42)43-12-6-14-46(34-43)65-58(67)55-32-40(20-29-52(55)61(70)71)19-18-39-8-3-2-4-9-39/h2-17,20-37H,1H3,(H,64,68)(H,65,67)(H,66,69)(H,70,71)(H,72,73)(H,74,75). The Morgan fingerprint density at radius 3 is 1.22 bits per heavy atom. The van der Waals surface area contributed by atoms with Crippen molar-refractivity contribution in [1.82, 2.24) is 0 Å². The Balaban J connectivity index is 0.888. The van der Waals surface area contributed by atoms with E-state index in [4.69, 9.17) is 9.47 Å². The van der Waals surface area contributed by atoms with Gasteiger partial charge in [0.25, 0.3) is 17.7 Å². The summed E-state index contributed by atoms with van der Waals surface area (Å²) in [5, 5.41) is 38.3. The van der Waals surface area contributed by atoms with Gasteiger partial charge in [-0.3, -0.25) is 14.4 Å². The first-order valence-corrected chi connectivity index (χ1v) is 23.7. The van der Waals surface area contributed by atoms with Gasteiger partial charge in [-0.15, -0.1) is 0 Å². The first kappa shape index (κ1) is 50.9. The average molecular weight is 1020 g/mol. The third-order valence-electron chi connectivity index (χ3n) is 11.9. The van der Waals surface area contributed by atoms with E-state index in [0.29, 0.717) is 39.7 Å². The van der Waals surface area contributed by atoms with Crippen LogP contribution in [0.4, 0.5) is 17.1 Å². The van der Waals surface area contributed by atoms with Crippen molar-refractivity contribution in [2.24, 2.45) is 0 Å². The van der Waals surface area contributed by atoms with Crippen LogP contribution in [0.5, 0.6) is 23.0 Å². The summed E-state index contributed by atoms with van der Waals surface area (Å²) in [6, 6.07) is 56.7. The molecule has 14 nitrogen and oxygen atoms in total. The maximum atomic E-state index is 13.9. The summed E-state index contributed by atoms with van der Waals surface area (Å²) < 4.78 is 11.9. The van der Waals surface area contributed by atoms with Crippen molar-refractivity contribution in [2.45, 2.75) is 6.92 Å². The first-order chi connectivity index (χ1) is 37.2. The number of carbonyl (C=O) groups is 6. The zero-order valence-electron chi connectivity index (χ0n) is 40.7. The zero-order chi connectivity index (χ0) is 54.0. The van der Waals surface area contributed by atoms with E-state index < -0.39 is 35.6 Å². The molecule has 0 bridgehead atoms. The maximum Gasteiger partial charge on any atom is 0.336 e. The number of aromatic carboxylic acids is 3. The molecular formula is C63H43N3O11. The molecule has 376 valence electrons. The maximum absolute atomic E-state index is 13.9. The molecule has 9 aromatic rings. The Hall–Kier alpha value is -11.0. The molecule has 0 unspecified atom stereocenters. The number of rotatable bonds is 15. The highest BCUT2D eigenvalue weighted by Gasteiger charge is 2.22. The summed E-state index contributed by atoms with van der Waals surface area (Å²) >= 11 is 0. The predicted octanol–water partition coefficient (Wildman–Crippen LogP) is 13.2. The SMILES string of the molecule is Cc1ccc(Oc2ccc(NC(=O)c3cc(Oc4ccc(C(=O)O)c(C(=O)Nc5cccc(-c6cccc(-c7cccc(NC(=O)c8cc(C#Cc9ccccc9)ccc8C(=O)O)c7)c6)c5)c4)ccc3C(=O)O)cc2)cc1. The van der Waals surface area contributed by atoms with Crippen LogP contribution in [0.3, 0.4) is 0 Å². The van der Waals surface area contributed by atoms with Crippen LogP contribution in [-0.2, 0) is 0 Å². The van der Waals surface area contributed by atoms with Gasteiger partial charge in [-0.1, -0.05) is 90.2 Å². The molecule has 14 heteroatoms. The van der Waals surface area contributed by atoms with E-state index in [1.54, 1.807) is 66.7 Å². The van der Waals surface area contributed by atoms with E-state index in [1.807, 2.05) is 97.9 Å². The normalized spacial score (nSPS) is 10.5. The van der Waals surface area contributed by atoms with Crippen LogP contribution in [0, 0.1) is 18.8 Å². The second-order valence-corrected chi connectivity index (χ2v) is 17.4. The van der Waals surface area contributed by atoms with Gasteiger partial charge < -0.3 is 40.7 Å². The largest absolute Gasteiger partial charge is 0.478 e. The van der Waals surface area contributed by atoms with Gasteiger partial charge in [0.1, 0.15) is 23.0 Å². The number of nitrogens with one attached hydrogen (secondary N) is 3. The molecule has 0 aliphatic carbocycles. The van der Waals surface area contributed by atoms with E-state index in [2.05, 4.69) is 27.8 Å². The highest BCUT2D eigenvalue weighted by Crippen LogP contribution is 2.32. The number of anilines is 3. The van der Waals surface area contributed by atoms with E-state index in [1.165, 1.54) is 48.5 Å². The molecule has 0 heterocycles. The van der Waals surface area contributed by atoms with Crippen molar-refractivity contribution in [3.05, 3.63) is 256 Å². The van der Waals surface area contributed by atoms with Gasteiger partial charge in [0.15, 0.2) is 0 Å². The third kappa shape index (κ3) is 12.6. The Kier molecular flexibility index (Phi) is 15.1. The molecule has 0 aromatic heterocycles. The number of carboxylic acid groups (broad SMARTS) is 3. The molecule has 6 N–H and O–H groups in total. The van der Waals surface area contributed by atoms with Crippen LogP contribution in [0.2, 0.25) is 0 Å². The number of aryl methyl sites for hydroxylation is 1. The van der Waals surface area contributed by atoms with Crippen molar-refractivity contribution in [3.63, 3.8) is 0 Å². The lowest BCUT2D eigenvalue weighted by atomic mass is 9.98. The minimum absolute atomic E-state index is 0.0246. The van der Waals surface area contributed by atoms with Gasteiger partial charge >= 0.3 is 17.9 Å². The van der Waals surface area contributed by atoms with Crippen LogP contribution < -0.4 is 25.4 Å². The fraction of sp³-hybridized carbons (Fsp3) is 0.0159. The quantitative estimate of drug-likeness (QED) is 0.0531. The number of hydrogen-bond donors (Lipinski definition) is 6. The molecule has 0 atom stereocenters. The van der Waals surface area contributed by atoms with E-state index >= 15 is 0 Å². The highest BCUT2D eigenvalue weighted by molar-refractivity contribution is 6.13. The smallest absolute Gasteiger partial charge is 0.336 e. The predicted molar refractivity (Wildman–Crippen MR) is 292 cm³/mol. The molecule has 3 amide bonds. The summed E-state index contributed by atoms with van der Waals surface area (Å²) in [6.45, 7) is 1.96. The second kappa shape index (κ2) is 22.8. The summed E-state index contributed by atoms with van der Waals surface area (Å²) in [6.07, 6.45) is 0. The molecule has 0 spiro atoms. The van der Waals surface area contributed by atoms with E-state index in [-0.39, 0.29) is 44.9 Å². The van der Waals surface area contributed by atoms with Gasteiger partial charge in [0.2, 0.25) is 0 Å². The average Bonchev–Trinajstić information content (AvgIpc) is 3.44. The van der Waals surface area contributed by atoms with Crippen molar-refractivity contribution in [3.8, 4) is 57.1 Å². The monoisotopic (exact) mass is 1020 g/mol. The molecule has 0 saturated heterocycles. The minimum Gasteiger partial charge on any atom is -0.478 e. The van der Waals surface area contributed by atoms with Crippen molar-refractivity contribution in [2.75, 3.05) is 16.0 Å². The number of ether oxygens (including phenoxy) is 2. The van der Waals surface area contributed by atoms with Crippen molar-refractivity contribution < 1.29 is 53.6 Å². The molecule has 9 aromatic carbocycles.